The number of morpholine rings is 1. The van der Waals surface area contributed by atoms with Gasteiger partial charge in [0.05, 0.1) is 12.2 Å². The Hall–Kier alpha value is -0.910. The van der Waals surface area contributed by atoms with Gasteiger partial charge in [-0.3, -0.25) is 9.69 Å². The molecule has 0 spiro atoms. The molecule has 1 N–H and O–H groups in total. The maximum Gasteiger partial charge on any atom is 0.320 e. The van der Waals surface area contributed by atoms with Crippen molar-refractivity contribution in [3.63, 3.8) is 0 Å². The van der Waals surface area contributed by atoms with E-state index in [1.165, 1.54) is 0 Å². The van der Waals surface area contributed by atoms with Crippen molar-refractivity contribution in [2.45, 2.75) is 32.1 Å². The van der Waals surface area contributed by atoms with Crippen LogP contribution < -0.4 is 0 Å². The number of hydrogen-bond donors (Lipinski definition) is 1. The number of carboxylic acid groups (broad SMARTS) is 1. The molecule has 3 atom stereocenters. The fourth-order valence-corrected chi connectivity index (χ4v) is 2.80. The summed E-state index contributed by atoms with van der Waals surface area (Å²) in [7, 11) is 0. The minimum absolute atomic E-state index is 0.00759. The van der Waals surface area contributed by atoms with Crippen molar-refractivity contribution >= 4 is 17.3 Å². The van der Waals surface area contributed by atoms with E-state index < -0.39 is 12.0 Å². The van der Waals surface area contributed by atoms with E-state index in [-0.39, 0.29) is 12.2 Å². The van der Waals surface area contributed by atoms with Crippen LogP contribution in [0.2, 0.25) is 0 Å². The number of carbonyl (C=O) groups is 1. The van der Waals surface area contributed by atoms with Crippen LogP contribution in [0.1, 0.15) is 25.5 Å². The SMILES string of the molecule is C[C@@H]1CN([C@@H](C)C(=O)O)C[C@@H](c2ccsc2)O1. The number of aliphatic carboxylic acids is 1. The molecule has 1 saturated heterocycles. The molecule has 4 nitrogen and oxygen atoms in total. The van der Waals surface area contributed by atoms with Crippen LogP contribution in [-0.2, 0) is 9.53 Å². The Morgan fingerprint density at radius 3 is 3.00 bits per heavy atom. The van der Waals surface area contributed by atoms with Gasteiger partial charge < -0.3 is 9.84 Å². The second kappa shape index (κ2) is 5.16. The summed E-state index contributed by atoms with van der Waals surface area (Å²) in [6.45, 7) is 5.04. The molecule has 94 valence electrons. The van der Waals surface area contributed by atoms with Gasteiger partial charge in [0.25, 0.3) is 0 Å². The van der Waals surface area contributed by atoms with Crippen LogP contribution in [0.15, 0.2) is 16.8 Å². The first-order chi connectivity index (χ1) is 8.08. The van der Waals surface area contributed by atoms with Gasteiger partial charge >= 0.3 is 5.97 Å². The predicted octanol–water partition coefficient (Wildman–Crippen LogP) is 1.98. The number of carboxylic acids is 1. The largest absolute Gasteiger partial charge is 0.480 e. The van der Waals surface area contributed by atoms with Gasteiger partial charge in [-0.15, -0.1) is 0 Å². The fourth-order valence-electron chi connectivity index (χ4n) is 2.10. The standard InChI is InChI=1S/C12H17NO3S/c1-8-5-13(9(2)12(14)15)6-11(16-8)10-3-4-17-7-10/h3-4,7-9,11H,5-6H2,1-2H3,(H,14,15)/t8-,9+,11+/m1/s1. The summed E-state index contributed by atoms with van der Waals surface area (Å²) in [5, 5.41) is 13.1. The van der Waals surface area contributed by atoms with Crippen molar-refractivity contribution in [3.05, 3.63) is 22.4 Å². The van der Waals surface area contributed by atoms with Crippen molar-refractivity contribution in [3.8, 4) is 0 Å². The van der Waals surface area contributed by atoms with Gasteiger partial charge in [-0.2, -0.15) is 11.3 Å². The molecule has 0 bridgehead atoms. The summed E-state index contributed by atoms with van der Waals surface area (Å²) < 4.78 is 5.86. The third-order valence-electron chi connectivity index (χ3n) is 3.11. The molecule has 2 rings (SSSR count). The van der Waals surface area contributed by atoms with Crippen LogP contribution in [0.3, 0.4) is 0 Å². The molecular formula is C12H17NO3S. The second-order valence-electron chi connectivity index (χ2n) is 4.46. The van der Waals surface area contributed by atoms with E-state index in [4.69, 9.17) is 9.84 Å². The molecule has 0 amide bonds. The third kappa shape index (κ3) is 2.86. The van der Waals surface area contributed by atoms with Gasteiger partial charge in [0.1, 0.15) is 6.04 Å². The fraction of sp³-hybridized carbons (Fsp3) is 0.583. The minimum Gasteiger partial charge on any atom is -0.480 e. The Kier molecular flexibility index (Phi) is 3.81. The first-order valence-electron chi connectivity index (χ1n) is 5.72. The molecule has 1 aliphatic heterocycles. The molecule has 1 fully saturated rings. The Morgan fingerprint density at radius 1 is 1.65 bits per heavy atom. The van der Waals surface area contributed by atoms with Crippen molar-refractivity contribution in [2.24, 2.45) is 0 Å². The minimum atomic E-state index is -0.775. The molecule has 0 radical (unpaired) electrons. The van der Waals surface area contributed by atoms with E-state index in [1.807, 2.05) is 23.3 Å². The molecule has 1 aliphatic rings. The van der Waals surface area contributed by atoms with Gasteiger partial charge in [-0.1, -0.05) is 0 Å². The van der Waals surface area contributed by atoms with Gasteiger partial charge in [0.15, 0.2) is 0 Å². The molecule has 0 aromatic carbocycles. The maximum absolute atomic E-state index is 11.0. The molecule has 0 aliphatic carbocycles. The van der Waals surface area contributed by atoms with Crippen LogP contribution in [0.4, 0.5) is 0 Å². The molecule has 5 heteroatoms. The summed E-state index contributed by atoms with van der Waals surface area (Å²) in [5.74, 6) is -0.775. The zero-order valence-electron chi connectivity index (χ0n) is 10.00. The van der Waals surface area contributed by atoms with E-state index in [0.29, 0.717) is 13.1 Å². The van der Waals surface area contributed by atoms with E-state index in [2.05, 4.69) is 5.38 Å². The smallest absolute Gasteiger partial charge is 0.320 e. The average molecular weight is 255 g/mol. The molecule has 1 aromatic rings. The Balaban J connectivity index is 2.09. The lowest BCUT2D eigenvalue weighted by molar-refractivity contribution is -0.148. The molecule has 2 heterocycles. The highest BCUT2D eigenvalue weighted by molar-refractivity contribution is 7.07. The highest BCUT2D eigenvalue weighted by Gasteiger charge is 2.31. The van der Waals surface area contributed by atoms with Crippen LogP contribution in [0.25, 0.3) is 0 Å². The van der Waals surface area contributed by atoms with Crippen molar-refractivity contribution in [1.29, 1.82) is 0 Å². The maximum atomic E-state index is 11.0. The first kappa shape index (κ1) is 12.5. The summed E-state index contributed by atoms with van der Waals surface area (Å²) in [4.78, 5) is 13.0. The average Bonchev–Trinajstić information content (AvgIpc) is 2.80. The first-order valence-corrected chi connectivity index (χ1v) is 6.66. The van der Waals surface area contributed by atoms with Gasteiger partial charge in [0, 0.05) is 13.1 Å². The number of thiophene rings is 1. The summed E-state index contributed by atoms with van der Waals surface area (Å²) in [5.41, 5.74) is 1.14. The van der Waals surface area contributed by atoms with E-state index in [0.717, 1.165) is 5.56 Å². The van der Waals surface area contributed by atoms with E-state index in [1.54, 1.807) is 18.3 Å². The quantitative estimate of drug-likeness (QED) is 0.897. The van der Waals surface area contributed by atoms with E-state index in [9.17, 15) is 4.79 Å². The highest BCUT2D eigenvalue weighted by Crippen LogP contribution is 2.27. The normalized spacial score (nSPS) is 27.9. The van der Waals surface area contributed by atoms with Gasteiger partial charge in [0.2, 0.25) is 0 Å². The molecule has 0 unspecified atom stereocenters. The Labute approximate surface area is 105 Å². The predicted molar refractivity (Wildman–Crippen MR) is 66.3 cm³/mol. The van der Waals surface area contributed by atoms with Crippen molar-refractivity contribution < 1.29 is 14.6 Å². The lowest BCUT2D eigenvalue weighted by Crippen LogP contribution is -2.49. The Bertz CT molecular complexity index is 379. The Morgan fingerprint density at radius 2 is 2.41 bits per heavy atom. The molecule has 17 heavy (non-hydrogen) atoms. The lowest BCUT2D eigenvalue weighted by atomic mass is 10.1. The highest BCUT2D eigenvalue weighted by atomic mass is 32.1. The van der Waals surface area contributed by atoms with Gasteiger partial charge in [-0.05, 0) is 36.2 Å². The number of rotatable bonds is 3. The number of hydrogen-bond acceptors (Lipinski definition) is 4. The van der Waals surface area contributed by atoms with Crippen LogP contribution in [0, 0.1) is 0 Å². The zero-order valence-corrected chi connectivity index (χ0v) is 10.8. The summed E-state index contributed by atoms with van der Waals surface area (Å²) >= 11 is 1.64. The van der Waals surface area contributed by atoms with Crippen LogP contribution in [-0.4, -0.2) is 41.2 Å². The monoisotopic (exact) mass is 255 g/mol. The number of nitrogens with zero attached hydrogens (tertiary/aromatic N) is 1. The molecule has 1 aromatic heterocycles. The summed E-state index contributed by atoms with van der Waals surface area (Å²) in [6, 6.07) is 1.58. The second-order valence-corrected chi connectivity index (χ2v) is 5.24. The van der Waals surface area contributed by atoms with Crippen LogP contribution >= 0.6 is 11.3 Å². The topological polar surface area (TPSA) is 49.8 Å². The lowest BCUT2D eigenvalue weighted by Gasteiger charge is -2.38. The zero-order chi connectivity index (χ0) is 12.4. The summed E-state index contributed by atoms with van der Waals surface area (Å²) in [6.07, 6.45) is 0.0576. The van der Waals surface area contributed by atoms with Crippen molar-refractivity contribution in [1.82, 2.24) is 4.90 Å². The van der Waals surface area contributed by atoms with Gasteiger partial charge in [-0.25, -0.2) is 0 Å². The van der Waals surface area contributed by atoms with Crippen LogP contribution in [0.5, 0.6) is 0 Å². The molecular weight excluding hydrogens is 238 g/mol. The third-order valence-corrected chi connectivity index (χ3v) is 3.81. The van der Waals surface area contributed by atoms with E-state index >= 15 is 0 Å². The van der Waals surface area contributed by atoms with Crippen molar-refractivity contribution in [2.75, 3.05) is 13.1 Å². The molecule has 0 saturated carbocycles. The number of ether oxygens (including phenoxy) is 1.